The number of esters is 1. The van der Waals surface area contributed by atoms with Gasteiger partial charge in [-0.15, -0.1) is 0 Å². The highest BCUT2D eigenvalue weighted by atomic mass is 19.1. The standard InChI is InChI=1S/C28H33FN2O3/c1-3-5-6-7-8-9-17-33-23-15-16-25(26(29)18-23)28(32)34-24-19-30-27(31-20-24)22-13-11-21(10-4-2)12-14-22/h11-16,18-20H,3-10,17H2,1-2H3. The zero-order valence-corrected chi connectivity index (χ0v) is 20.1. The Morgan fingerprint density at radius 1 is 0.853 bits per heavy atom. The Balaban J connectivity index is 1.51. The number of nitrogens with zero attached hydrogens (tertiary/aromatic N) is 2. The molecule has 0 saturated carbocycles. The normalized spacial score (nSPS) is 10.8. The lowest BCUT2D eigenvalue weighted by Crippen LogP contribution is -2.11. The summed E-state index contributed by atoms with van der Waals surface area (Å²) >= 11 is 0. The van der Waals surface area contributed by atoms with Crippen LogP contribution >= 0.6 is 0 Å². The summed E-state index contributed by atoms with van der Waals surface area (Å²) < 4.78 is 25.4. The summed E-state index contributed by atoms with van der Waals surface area (Å²) in [6, 6.07) is 12.2. The smallest absolute Gasteiger partial charge is 0.346 e. The molecule has 2 aromatic carbocycles. The number of carbonyl (C=O) groups is 1. The van der Waals surface area contributed by atoms with E-state index in [1.165, 1.54) is 55.8 Å². The van der Waals surface area contributed by atoms with Crippen molar-refractivity contribution in [1.82, 2.24) is 9.97 Å². The fourth-order valence-corrected chi connectivity index (χ4v) is 3.61. The van der Waals surface area contributed by atoms with Gasteiger partial charge in [-0.05, 0) is 30.5 Å². The molecule has 0 radical (unpaired) electrons. The van der Waals surface area contributed by atoms with Crippen LogP contribution in [0.4, 0.5) is 4.39 Å². The van der Waals surface area contributed by atoms with Crippen LogP contribution in [0, 0.1) is 5.82 Å². The number of aromatic nitrogens is 2. The van der Waals surface area contributed by atoms with Gasteiger partial charge in [0.2, 0.25) is 0 Å². The number of carbonyl (C=O) groups excluding carboxylic acids is 1. The third-order valence-electron chi connectivity index (χ3n) is 5.52. The highest BCUT2D eigenvalue weighted by Crippen LogP contribution is 2.21. The van der Waals surface area contributed by atoms with Gasteiger partial charge in [0, 0.05) is 11.6 Å². The third-order valence-corrected chi connectivity index (χ3v) is 5.52. The Kier molecular flexibility index (Phi) is 10.0. The maximum absolute atomic E-state index is 14.5. The Bertz CT molecular complexity index is 1040. The topological polar surface area (TPSA) is 61.3 Å². The highest BCUT2D eigenvalue weighted by molar-refractivity contribution is 5.91. The molecule has 0 aliphatic rings. The van der Waals surface area contributed by atoms with Crippen molar-refractivity contribution in [2.45, 2.75) is 65.2 Å². The lowest BCUT2D eigenvalue weighted by atomic mass is 10.1. The lowest BCUT2D eigenvalue weighted by Gasteiger charge is -2.09. The van der Waals surface area contributed by atoms with Crippen LogP contribution in [-0.2, 0) is 6.42 Å². The molecule has 180 valence electrons. The van der Waals surface area contributed by atoms with Crippen molar-refractivity contribution in [3.05, 3.63) is 71.8 Å². The van der Waals surface area contributed by atoms with E-state index in [0.717, 1.165) is 31.2 Å². The molecule has 6 heteroatoms. The molecule has 0 atom stereocenters. The van der Waals surface area contributed by atoms with E-state index in [4.69, 9.17) is 9.47 Å². The van der Waals surface area contributed by atoms with E-state index < -0.39 is 11.8 Å². The summed E-state index contributed by atoms with van der Waals surface area (Å²) in [6.45, 7) is 4.86. The van der Waals surface area contributed by atoms with Crippen LogP contribution in [-0.4, -0.2) is 22.5 Å². The minimum Gasteiger partial charge on any atom is -0.493 e. The monoisotopic (exact) mass is 464 g/mol. The molecule has 34 heavy (non-hydrogen) atoms. The Hall–Kier alpha value is -3.28. The minimum atomic E-state index is -0.805. The van der Waals surface area contributed by atoms with E-state index in [1.807, 2.05) is 12.1 Å². The van der Waals surface area contributed by atoms with Crippen molar-refractivity contribution < 1.29 is 18.7 Å². The van der Waals surface area contributed by atoms with E-state index in [9.17, 15) is 9.18 Å². The molecule has 0 fully saturated rings. The molecule has 1 aromatic heterocycles. The van der Waals surface area contributed by atoms with Gasteiger partial charge >= 0.3 is 5.97 Å². The average molecular weight is 465 g/mol. The Labute approximate surface area is 201 Å². The minimum absolute atomic E-state index is 0.152. The van der Waals surface area contributed by atoms with E-state index in [-0.39, 0.29) is 11.3 Å². The van der Waals surface area contributed by atoms with Crippen molar-refractivity contribution in [3.63, 3.8) is 0 Å². The average Bonchev–Trinajstić information content (AvgIpc) is 2.85. The van der Waals surface area contributed by atoms with Crippen LogP contribution < -0.4 is 9.47 Å². The summed E-state index contributed by atoms with van der Waals surface area (Å²) in [4.78, 5) is 21.0. The second kappa shape index (κ2) is 13.4. The lowest BCUT2D eigenvalue weighted by molar-refractivity contribution is 0.0728. The molecule has 0 N–H and O–H groups in total. The van der Waals surface area contributed by atoms with E-state index in [1.54, 1.807) is 6.07 Å². The third kappa shape index (κ3) is 7.65. The first-order valence-corrected chi connectivity index (χ1v) is 12.2. The van der Waals surface area contributed by atoms with Gasteiger partial charge < -0.3 is 9.47 Å². The van der Waals surface area contributed by atoms with Crippen LogP contribution in [0.5, 0.6) is 11.5 Å². The first kappa shape index (κ1) is 25.3. The van der Waals surface area contributed by atoms with Crippen molar-refractivity contribution in [2.24, 2.45) is 0 Å². The van der Waals surface area contributed by atoms with Crippen molar-refractivity contribution in [1.29, 1.82) is 0 Å². The second-order valence-electron chi connectivity index (χ2n) is 8.34. The number of ether oxygens (including phenoxy) is 2. The Morgan fingerprint density at radius 3 is 2.24 bits per heavy atom. The summed E-state index contributed by atoms with van der Waals surface area (Å²) in [5.74, 6) is -0.407. The van der Waals surface area contributed by atoms with Crippen molar-refractivity contribution in [3.8, 4) is 22.9 Å². The molecule has 0 unspecified atom stereocenters. The summed E-state index contributed by atoms with van der Waals surface area (Å²) in [5, 5.41) is 0. The van der Waals surface area contributed by atoms with E-state index >= 15 is 0 Å². The van der Waals surface area contributed by atoms with Gasteiger partial charge in [-0.3, -0.25) is 0 Å². The zero-order valence-electron chi connectivity index (χ0n) is 20.1. The number of unbranched alkanes of at least 4 members (excludes halogenated alkanes) is 5. The van der Waals surface area contributed by atoms with E-state index in [0.29, 0.717) is 18.2 Å². The molecule has 1 heterocycles. The maximum atomic E-state index is 14.5. The number of rotatable bonds is 13. The molecular weight excluding hydrogens is 431 g/mol. The molecule has 0 aliphatic heterocycles. The first-order chi connectivity index (χ1) is 16.6. The van der Waals surface area contributed by atoms with Gasteiger partial charge in [0.15, 0.2) is 11.6 Å². The van der Waals surface area contributed by atoms with Crippen molar-refractivity contribution >= 4 is 5.97 Å². The fraction of sp³-hybridized carbons (Fsp3) is 0.393. The molecule has 0 aliphatic carbocycles. The predicted molar refractivity (Wildman–Crippen MR) is 132 cm³/mol. The summed E-state index contributed by atoms with van der Waals surface area (Å²) in [6.07, 6.45) is 11.9. The SMILES string of the molecule is CCCCCCCCOc1ccc(C(=O)Oc2cnc(-c3ccc(CCC)cc3)nc2)c(F)c1. The molecule has 3 rings (SSSR count). The van der Waals surface area contributed by atoms with Gasteiger partial charge in [0.25, 0.3) is 0 Å². The van der Waals surface area contributed by atoms with Crippen LogP contribution in [0.2, 0.25) is 0 Å². The van der Waals surface area contributed by atoms with Crippen LogP contribution in [0.25, 0.3) is 11.4 Å². The second-order valence-corrected chi connectivity index (χ2v) is 8.34. The maximum Gasteiger partial charge on any atom is 0.346 e. The molecule has 0 saturated heterocycles. The van der Waals surface area contributed by atoms with Gasteiger partial charge in [-0.1, -0.05) is 76.6 Å². The largest absolute Gasteiger partial charge is 0.493 e. The summed E-state index contributed by atoms with van der Waals surface area (Å²) in [5.41, 5.74) is 1.97. The molecule has 0 amide bonds. The van der Waals surface area contributed by atoms with Gasteiger partial charge in [0.1, 0.15) is 11.6 Å². The van der Waals surface area contributed by atoms with Crippen LogP contribution in [0.15, 0.2) is 54.9 Å². The number of hydrogen-bond acceptors (Lipinski definition) is 5. The summed E-state index contributed by atoms with van der Waals surface area (Å²) in [7, 11) is 0. The quantitative estimate of drug-likeness (QED) is 0.198. The van der Waals surface area contributed by atoms with Gasteiger partial charge in [-0.2, -0.15) is 0 Å². The molecule has 5 nitrogen and oxygen atoms in total. The number of hydrogen-bond donors (Lipinski definition) is 0. The number of halogens is 1. The molecule has 3 aromatic rings. The van der Waals surface area contributed by atoms with Crippen molar-refractivity contribution in [2.75, 3.05) is 6.61 Å². The van der Waals surface area contributed by atoms with Gasteiger partial charge in [0.05, 0.1) is 24.6 Å². The molecular formula is C28H33FN2O3. The Morgan fingerprint density at radius 2 is 1.56 bits per heavy atom. The zero-order chi connectivity index (χ0) is 24.2. The fourth-order valence-electron chi connectivity index (χ4n) is 3.61. The first-order valence-electron chi connectivity index (χ1n) is 12.2. The predicted octanol–water partition coefficient (Wildman–Crippen LogP) is 7.19. The highest BCUT2D eigenvalue weighted by Gasteiger charge is 2.16. The van der Waals surface area contributed by atoms with E-state index in [2.05, 4.69) is 35.9 Å². The van der Waals surface area contributed by atoms with Crippen LogP contribution in [0.1, 0.15) is 74.7 Å². The molecule has 0 spiro atoms. The number of benzene rings is 2. The van der Waals surface area contributed by atoms with Crippen LogP contribution in [0.3, 0.4) is 0 Å². The van der Waals surface area contributed by atoms with Gasteiger partial charge in [-0.25, -0.2) is 19.2 Å². The number of aryl methyl sites for hydroxylation is 1. The molecule has 0 bridgehead atoms.